The molecule has 0 saturated heterocycles. The number of rotatable bonds is 3. The van der Waals surface area contributed by atoms with Gasteiger partial charge in [0, 0.05) is 5.56 Å². The fourth-order valence-corrected chi connectivity index (χ4v) is 2.03. The Morgan fingerprint density at radius 2 is 1.88 bits per heavy atom. The smallest absolute Gasteiger partial charge is 0.142 e. The topological polar surface area (TPSA) is 46.2 Å². The summed E-state index contributed by atoms with van der Waals surface area (Å²) in [5.41, 5.74) is 5.57. The second-order valence-electron chi connectivity index (χ2n) is 4.11. The van der Waals surface area contributed by atoms with Crippen LogP contribution in [0.25, 0.3) is 0 Å². The van der Waals surface area contributed by atoms with Gasteiger partial charge in [-0.15, -0.1) is 0 Å². The maximum atomic E-state index is 13.5. The summed E-state index contributed by atoms with van der Waals surface area (Å²) in [6.07, 6.45) is 0.862. The van der Waals surface area contributed by atoms with Gasteiger partial charge in [-0.1, -0.05) is 11.6 Å². The van der Waals surface area contributed by atoms with Crippen molar-refractivity contribution in [2.45, 2.75) is 25.0 Å². The van der Waals surface area contributed by atoms with Gasteiger partial charge in [-0.25, -0.2) is 8.78 Å². The lowest BCUT2D eigenvalue weighted by Gasteiger charge is -2.20. The Kier molecular flexibility index (Phi) is 3.15. The maximum Gasteiger partial charge on any atom is 0.142 e. The third-order valence-electron chi connectivity index (χ3n) is 2.89. The summed E-state index contributed by atoms with van der Waals surface area (Å²) in [4.78, 5) is 0. The molecule has 5 heteroatoms. The van der Waals surface area contributed by atoms with Crippen LogP contribution < -0.4 is 5.73 Å². The highest BCUT2D eigenvalue weighted by Crippen LogP contribution is 2.39. The number of halogens is 3. The Bertz CT molecular complexity index is 409. The van der Waals surface area contributed by atoms with E-state index in [1.165, 1.54) is 0 Å². The molecule has 0 heterocycles. The van der Waals surface area contributed by atoms with E-state index in [9.17, 15) is 13.9 Å². The third kappa shape index (κ3) is 2.05. The summed E-state index contributed by atoms with van der Waals surface area (Å²) in [6, 6.07) is 0.934. The van der Waals surface area contributed by atoms with Crippen molar-refractivity contribution < 1.29 is 13.9 Å². The fraction of sp³-hybridized carbons (Fsp3) is 0.455. The molecule has 1 aliphatic carbocycles. The van der Waals surface area contributed by atoms with Crippen LogP contribution >= 0.6 is 11.6 Å². The van der Waals surface area contributed by atoms with Gasteiger partial charge in [0.25, 0.3) is 0 Å². The highest BCUT2D eigenvalue weighted by molar-refractivity contribution is 6.31. The van der Waals surface area contributed by atoms with E-state index in [2.05, 4.69) is 0 Å². The molecule has 0 amide bonds. The molecule has 0 spiro atoms. The first-order chi connectivity index (χ1) is 7.52. The molecule has 1 aromatic rings. The van der Waals surface area contributed by atoms with Crippen molar-refractivity contribution in [1.82, 2.24) is 0 Å². The van der Waals surface area contributed by atoms with Crippen LogP contribution in [0.2, 0.25) is 5.02 Å². The van der Waals surface area contributed by atoms with Gasteiger partial charge in [0.15, 0.2) is 0 Å². The van der Waals surface area contributed by atoms with Gasteiger partial charge in [-0.2, -0.15) is 0 Å². The van der Waals surface area contributed by atoms with Crippen molar-refractivity contribution in [2.24, 2.45) is 11.7 Å². The van der Waals surface area contributed by atoms with Gasteiger partial charge in [0.05, 0.1) is 17.2 Å². The molecular formula is C11H12ClF2NO. The highest BCUT2D eigenvalue weighted by atomic mass is 35.5. The maximum absolute atomic E-state index is 13.5. The van der Waals surface area contributed by atoms with E-state index in [-0.39, 0.29) is 16.5 Å². The monoisotopic (exact) mass is 247 g/mol. The lowest BCUT2D eigenvalue weighted by molar-refractivity contribution is 0.121. The Morgan fingerprint density at radius 1 is 1.31 bits per heavy atom. The van der Waals surface area contributed by atoms with E-state index in [0.29, 0.717) is 0 Å². The lowest BCUT2D eigenvalue weighted by Crippen LogP contribution is -2.29. The summed E-state index contributed by atoms with van der Waals surface area (Å²) in [5.74, 6) is -1.33. The first-order valence-corrected chi connectivity index (χ1v) is 5.47. The van der Waals surface area contributed by atoms with E-state index in [4.69, 9.17) is 17.3 Å². The van der Waals surface area contributed by atoms with Crippen LogP contribution in [-0.2, 0) is 0 Å². The van der Waals surface area contributed by atoms with Gasteiger partial charge < -0.3 is 10.8 Å². The molecule has 0 aliphatic heterocycles. The van der Waals surface area contributed by atoms with Gasteiger partial charge in [-0.3, -0.25) is 0 Å². The van der Waals surface area contributed by atoms with Gasteiger partial charge in [0.2, 0.25) is 0 Å². The fourth-order valence-electron chi connectivity index (χ4n) is 1.75. The zero-order valence-corrected chi connectivity index (χ0v) is 9.22. The van der Waals surface area contributed by atoms with Gasteiger partial charge in [-0.05, 0) is 30.9 Å². The largest absolute Gasteiger partial charge is 0.391 e. The summed E-state index contributed by atoms with van der Waals surface area (Å²) in [7, 11) is 0. The van der Waals surface area contributed by atoms with Crippen LogP contribution in [0, 0.1) is 17.6 Å². The van der Waals surface area contributed by atoms with E-state index < -0.39 is 23.8 Å². The minimum atomic E-state index is -0.976. The van der Waals surface area contributed by atoms with E-state index >= 15 is 0 Å². The molecule has 3 N–H and O–H groups in total. The summed E-state index contributed by atoms with van der Waals surface area (Å²) in [5, 5.41) is 9.44. The zero-order chi connectivity index (χ0) is 11.9. The van der Waals surface area contributed by atoms with Crippen LogP contribution in [-0.4, -0.2) is 11.2 Å². The van der Waals surface area contributed by atoms with Gasteiger partial charge >= 0.3 is 0 Å². The van der Waals surface area contributed by atoms with Crippen molar-refractivity contribution in [2.75, 3.05) is 0 Å². The van der Waals surface area contributed by atoms with Crippen molar-refractivity contribution in [1.29, 1.82) is 0 Å². The predicted molar refractivity (Wildman–Crippen MR) is 57.0 cm³/mol. The second kappa shape index (κ2) is 4.28. The van der Waals surface area contributed by atoms with Crippen LogP contribution in [0.15, 0.2) is 12.1 Å². The number of benzene rings is 1. The summed E-state index contributed by atoms with van der Waals surface area (Å²) < 4.78 is 26.6. The number of hydrogen-bond acceptors (Lipinski definition) is 2. The molecule has 0 bridgehead atoms. The molecule has 0 aromatic heterocycles. The molecule has 1 aromatic carbocycles. The molecule has 1 saturated carbocycles. The van der Waals surface area contributed by atoms with Crippen molar-refractivity contribution in [3.63, 3.8) is 0 Å². The van der Waals surface area contributed by atoms with Crippen molar-refractivity contribution >= 4 is 11.6 Å². The zero-order valence-electron chi connectivity index (χ0n) is 8.46. The van der Waals surface area contributed by atoms with E-state index in [1.807, 2.05) is 0 Å². The average Bonchev–Trinajstić information content (AvgIpc) is 3.06. The first-order valence-electron chi connectivity index (χ1n) is 5.09. The molecule has 1 aliphatic rings. The summed E-state index contributed by atoms with van der Waals surface area (Å²) >= 11 is 5.66. The Balaban J connectivity index is 2.34. The quantitative estimate of drug-likeness (QED) is 0.806. The molecule has 2 atom stereocenters. The third-order valence-corrected chi connectivity index (χ3v) is 3.27. The molecule has 0 unspecified atom stereocenters. The van der Waals surface area contributed by atoms with E-state index in [0.717, 1.165) is 25.0 Å². The SMILES string of the molecule is N[C@H](c1c(F)ccc(F)c1Cl)[C@@H](O)C1CC1. The van der Waals surface area contributed by atoms with Crippen LogP contribution in [0.4, 0.5) is 8.78 Å². The number of nitrogens with two attached hydrogens (primary N) is 1. The minimum Gasteiger partial charge on any atom is -0.391 e. The highest BCUT2D eigenvalue weighted by Gasteiger charge is 2.36. The lowest BCUT2D eigenvalue weighted by atomic mass is 9.98. The Labute approximate surface area is 97.0 Å². The molecule has 2 nitrogen and oxygen atoms in total. The van der Waals surface area contributed by atoms with E-state index in [1.54, 1.807) is 0 Å². The first kappa shape index (κ1) is 11.8. The molecular weight excluding hydrogens is 236 g/mol. The molecule has 88 valence electrons. The number of hydrogen-bond donors (Lipinski definition) is 2. The Morgan fingerprint density at radius 3 is 2.44 bits per heavy atom. The molecule has 1 fully saturated rings. The number of aliphatic hydroxyl groups excluding tert-OH is 1. The minimum absolute atomic E-state index is 0.0775. The van der Waals surface area contributed by atoms with Crippen molar-refractivity contribution in [3.05, 3.63) is 34.4 Å². The Hall–Kier alpha value is -0.710. The van der Waals surface area contributed by atoms with Crippen LogP contribution in [0.3, 0.4) is 0 Å². The van der Waals surface area contributed by atoms with Crippen molar-refractivity contribution in [3.8, 4) is 0 Å². The predicted octanol–water partition coefficient (Wildman–Crippen LogP) is 2.39. The van der Waals surface area contributed by atoms with Crippen LogP contribution in [0.1, 0.15) is 24.4 Å². The van der Waals surface area contributed by atoms with Crippen LogP contribution in [0.5, 0.6) is 0 Å². The molecule has 0 radical (unpaired) electrons. The molecule has 2 rings (SSSR count). The number of aliphatic hydroxyl groups is 1. The second-order valence-corrected chi connectivity index (χ2v) is 4.49. The normalized spacial score (nSPS) is 19.6. The summed E-state index contributed by atoms with van der Waals surface area (Å²) in [6.45, 7) is 0. The average molecular weight is 248 g/mol. The molecule has 16 heavy (non-hydrogen) atoms. The van der Waals surface area contributed by atoms with Gasteiger partial charge in [0.1, 0.15) is 11.6 Å². The standard InChI is InChI=1S/C11H12ClF2NO/c12-9-7(14)4-3-6(13)8(9)10(15)11(16)5-1-2-5/h3-5,10-11,16H,1-2,15H2/t10-,11+/m1/s1.